The van der Waals surface area contributed by atoms with E-state index in [1.807, 2.05) is 31.2 Å². The summed E-state index contributed by atoms with van der Waals surface area (Å²) in [5.74, 6) is -0.0392. The largest absolute Gasteiger partial charge is 0.385 e. The van der Waals surface area contributed by atoms with Gasteiger partial charge < -0.3 is 15.8 Å². The normalized spacial score (nSPS) is 12.2. The summed E-state index contributed by atoms with van der Waals surface area (Å²) in [6.07, 6.45) is 1.53. The summed E-state index contributed by atoms with van der Waals surface area (Å²) in [5.41, 5.74) is 7.26. The van der Waals surface area contributed by atoms with E-state index in [0.717, 1.165) is 18.4 Å². The van der Waals surface area contributed by atoms with Gasteiger partial charge in [-0.3, -0.25) is 4.79 Å². The molecule has 100 valence electrons. The van der Waals surface area contributed by atoms with Crippen molar-refractivity contribution in [3.8, 4) is 0 Å². The van der Waals surface area contributed by atoms with Gasteiger partial charge in [-0.2, -0.15) is 0 Å². The van der Waals surface area contributed by atoms with Gasteiger partial charge in [0, 0.05) is 25.3 Å². The van der Waals surface area contributed by atoms with E-state index in [1.165, 1.54) is 0 Å². The van der Waals surface area contributed by atoms with Crippen molar-refractivity contribution in [2.24, 2.45) is 5.73 Å². The summed E-state index contributed by atoms with van der Waals surface area (Å²) in [4.78, 5) is 12.1. The summed E-state index contributed by atoms with van der Waals surface area (Å²) < 4.78 is 4.99. The number of rotatable bonds is 7. The van der Waals surface area contributed by atoms with Gasteiger partial charge in [0.2, 0.25) is 0 Å². The zero-order valence-electron chi connectivity index (χ0n) is 11.1. The Kier molecular flexibility index (Phi) is 6.39. The van der Waals surface area contributed by atoms with E-state index >= 15 is 0 Å². The first-order chi connectivity index (χ1) is 8.69. The van der Waals surface area contributed by atoms with Gasteiger partial charge in [0.05, 0.1) is 0 Å². The number of benzene rings is 1. The van der Waals surface area contributed by atoms with Crippen LogP contribution < -0.4 is 11.1 Å². The van der Waals surface area contributed by atoms with Crippen LogP contribution >= 0.6 is 0 Å². The van der Waals surface area contributed by atoms with Crippen molar-refractivity contribution in [3.63, 3.8) is 0 Å². The van der Waals surface area contributed by atoms with E-state index < -0.39 is 0 Å². The highest BCUT2D eigenvalue weighted by Gasteiger charge is 2.12. The van der Waals surface area contributed by atoms with E-state index in [2.05, 4.69) is 5.32 Å². The highest BCUT2D eigenvalue weighted by Crippen LogP contribution is 2.09. The summed E-state index contributed by atoms with van der Waals surface area (Å²) in [7, 11) is 1.66. The molecule has 4 heteroatoms. The first kappa shape index (κ1) is 14.7. The third-order valence-corrected chi connectivity index (χ3v) is 2.81. The molecular weight excluding hydrogens is 228 g/mol. The molecule has 1 amide bonds. The quantitative estimate of drug-likeness (QED) is 0.767. The molecule has 1 atom stereocenters. The van der Waals surface area contributed by atoms with Gasteiger partial charge in [0.15, 0.2) is 0 Å². The zero-order chi connectivity index (χ0) is 13.4. The Hall–Kier alpha value is -1.39. The SMILES string of the molecule is COCCC(C)NC(=O)c1ccccc1CCN. The lowest BCUT2D eigenvalue weighted by molar-refractivity contribution is 0.0928. The lowest BCUT2D eigenvalue weighted by Gasteiger charge is -2.15. The minimum absolute atomic E-state index is 0.0392. The molecule has 0 saturated heterocycles. The van der Waals surface area contributed by atoms with Crippen molar-refractivity contribution in [1.29, 1.82) is 0 Å². The topological polar surface area (TPSA) is 64.3 Å². The number of nitrogens with two attached hydrogens (primary N) is 1. The highest BCUT2D eigenvalue weighted by atomic mass is 16.5. The summed E-state index contributed by atoms with van der Waals surface area (Å²) in [6.45, 7) is 3.16. The number of amides is 1. The lowest BCUT2D eigenvalue weighted by atomic mass is 10.0. The van der Waals surface area contributed by atoms with Crippen molar-refractivity contribution in [1.82, 2.24) is 5.32 Å². The third kappa shape index (κ3) is 4.47. The van der Waals surface area contributed by atoms with E-state index in [1.54, 1.807) is 7.11 Å². The Bertz CT molecular complexity index is 380. The third-order valence-electron chi connectivity index (χ3n) is 2.81. The molecule has 4 nitrogen and oxygen atoms in total. The van der Waals surface area contributed by atoms with Crippen LogP contribution in [0.25, 0.3) is 0 Å². The van der Waals surface area contributed by atoms with Crippen LogP contribution in [0.2, 0.25) is 0 Å². The predicted molar refractivity (Wildman–Crippen MR) is 72.6 cm³/mol. The maximum Gasteiger partial charge on any atom is 0.251 e. The zero-order valence-corrected chi connectivity index (χ0v) is 11.1. The van der Waals surface area contributed by atoms with Gasteiger partial charge in [-0.15, -0.1) is 0 Å². The molecule has 0 fully saturated rings. The Morgan fingerprint density at radius 1 is 1.44 bits per heavy atom. The maximum absolute atomic E-state index is 12.1. The maximum atomic E-state index is 12.1. The van der Waals surface area contributed by atoms with Crippen molar-refractivity contribution in [3.05, 3.63) is 35.4 Å². The molecule has 0 aliphatic rings. The molecule has 0 aliphatic heterocycles. The van der Waals surface area contributed by atoms with Gasteiger partial charge in [-0.1, -0.05) is 18.2 Å². The molecule has 0 saturated carbocycles. The fourth-order valence-electron chi connectivity index (χ4n) is 1.78. The number of nitrogens with one attached hydrogen (secondary N) is 1. The van der Waals surface area contributed by atoms with Gasteiger partial charge in [0.1, 0.15) is 0 Å². The second-order valence-electron chi connectivity index (χ2n) is 4.35. The van der Waals surface area contributed by atoms with E-state index in [0.29, 0.717) is 18.7 Å². The molecular formula is C14H22N2O2. The van der Waals surface area contributed by atoms with Crippen molar-refractivity contribution >= 4 is 5.91 Å². The standard InChI is InChI=1S/C14H22N2O2/c1-11(8-10-18-2)16-14(17)13-6-4-3-5-12(13)7-9-15/h3-6,11H,7-10,15H2,1-2H3,(H,16,17). The fraction of sp³-hybridized carbons (Fsp3) is 0.500. The molecule has 1 unspecified atom stereocenters. The lowest BCUT2D eigenvalue weighted by Crippen LogP contribution is -2.34. The van der Waals surface area contributed by atoms with E-state index in [9.17, 15) is 4.79 Å². The van der Waals surface area contributed by atoms with Crippen LogP contribution in [0.3, 0.4) is 0 Å². The number of ether oxygens (including phenoxy) is 1. The number of hydrogen-bond donors (Lipinski definition) is 2. The number of hydrogen-bond acceptors (Lipinski definition) is 3. The molecule has 0 bridgehead atoms. The molecule has 3 N–H and O–H groups in total. The molecule has 0 heterocycles. The highest BCUT2D eigenvalue weighted by molar-refractivity contribution is 5.95. The first-order valence-electron chi connectivity index (χ1n) is 6.26. The molecule has 18 heavy (non-hydrogen) atoms. The second-order valence-corrected chi connectivity index (χ2v) is 4.35. The number of carbonyl (C=O) groups is 1. The van der Waals surface area contributed by atoms with E-state index in [-0.39, 0.29) is 11.9 Å². The number of carbonyl (C=O) groups excluding carboxylic acids is 1. The van der Waals surface area contributed by atoms with Crippen molar-refractivity contribution in [2.75, 3.05) is 20.3 Å². The Balaban J connectivity index is 2.65. The molecule has 0 spiro atoms. The van der Waals surface area contributed by atoms with Crippen molar-refractivity contribution < 1.29 is 9.53 Å². The monoisotopic (exact) mass is 250 g/mol. The summed E-state index contributed by atoms with van der Waals surface area (Å²) >= 11 is 0. The molecule has 1 aromatic carbocycles. The molecule has 1 rings (SSSR count). The average molecular weight is 250 g/mol. The van der Waals surface area contributed by atoms with Crippen LogP contribution in [0.15, 0.2) is 24.3 Å². The van der Waals surface area contributed by atoms with Gasteiger partial charge >= 0.3 is 0 Å². The molecule has 1 aromatic rings. The van der Waals surface area contributed by atoms with Crippen LogP contribution in [0.4, 0.5) is 0 Å². The Labute approximate surface area is 109 Å². The van der Waals surface area contributed by atoms with Crippen LogP contribution in [0.1, 0.15) is 29.3 Å². The van der Waals surface area contributed by atoms with Crippen LogP contribution in [-0.2, 0) is 11.2 Å². The minimum Gasteiger partial charge on any atom is -0.385 e. The Morgan fingerprint density at radius 2 is 2.17 bits per heavy atom. The van der Waals surface area contributed by atoms with Crippen LogP contribution in [0, 0.1) is 0 Å². The molecule has 0 aromatic heterocycles. The van der Waals surface area contributed by atoms with E-state index in [4.69, 9.17) is 10.5 Å². The average Bonchev–Trinajstić information content (AvgIpc) is 2.37. The van der Waals surface area contributed by atoms with Crippen LogP contribution in [-0.4, -0.2) is 32.2 Å². The first-order valence-corrected chi connectivity index (χ1v) is 6.26. The predicted octanol–water partition coefficient (Wildman–Crippen LogP) is 1.34. The van der Waals surface area contributed by atoms with Gasteiger partial charge in [0.25, 0.3) is 5.91 Å². The number of methoxy groups -OCH3 is 1. The molecule has 0 aliphatic carbocycles. The summed E-state index contributed by atoms with van der Waals surface area (Å²) in [6, 6.07) is 7.68. The minimum atomic E-state index is -0.0392. The smallest absolute Gasteiger partial charge is 0.251 e. The van der Waals surface area contributed by atoms with Gasteiger partial charge in [-0.05, 0) is 37.9 Å². The fourth-order valence-corrected chi connectivity index (χ4v) is 1.78. The van der Waals surface area contributed by atoms with Gasteiger partial charge in [-0.25, -0.2) is 0 Å². The van der Waals surface area contributed by atoms with Crippen LogP contribution in [0.5, 0.6) is 0 Å². The summed E-state index contributed by atoms with van der Waals surface area (Å²) in [5, 5.41) is 2.97. The van der Waals surface area contributed by atoms with Crippen molar-refractivity contribution in [2.45, 2.75) is 25.8 Å². The Morgan fingerprint density at radius 3 is 2.83 bits per heavy atom. The molecule has 0 radical (unpaired) electrons. The second kappa shape index (κ2) is 7.84.